The quantitative estimate of drug-likeness (QED) is 0.671. The molecule has 0 bridgehead atoms. The van der Waals surface area contributed by atoms with Gasteiger partial charge in [-0.05, 0) is 29.3 Å². The maximum atomic E-state index is 11.9. The van der Waals surface area contributed by atoms with E-state index in [0.29, 0.717) is 10.7 Å². The Morgan fingerprint density at radius 3 is 2.45 bits per heavy atom. The number of ether oxygens (including phenoxy) is 1. The molecule has 0 amide bonds. The maximum absolute atomic E-state index is 11.9. The van der Waals surface area contributed by atoms with Crippen molar-refractivity contribution in [3.8, 4) is 0 Å². The first-order valence-corrected chi connectivity index (χ1v) is 6.39. The maximum Gasteiger partial charge on any atom is 0.340 e. The highest BCUT2D eigenvalue weighted by Crippen LogP contribution is 2.20. The van der Waals surface area contributed by atoms with Gasteiger partial charge in [-0.1, -0.05) is 35.9 Å². The lowest BCUT2D eigenvalue weighted by Crippen LogP contribution is -2.06. The van der Waals surface area contributed by atoms with Crippen molar-refractivity contribution >= 4 is 23.3 Å². The SMILES string of the molecule is Nc1ccc(Cl)c(C(=O)OCc2ccc(CO)cc2)c1. The van der Waals surface area contributed by atoms with Gasteiger partial charge in [-0.2, -0.15) is 0 Å². The Kier molecular flexibility index (Phi) is 4.61. The highest BCUT2D eigenvalue weighted by Gasteiger charge is 2.12. The second-order valence-corrected chi connectivity index (χ2v) is 4.70. The molecule has 0 aliphatic heterocycles. The Morgan fingerprint density at radius 1 is 1.15 bits per heavy atom. The number of benzene rings is 2. The van der Waals surface area contributed by atoms with E-state index in [1.165, 1.54) is 6.07 Å². The largest absolute Gasteiger partial charge is 0.457 e. The highest BCUT2D eigenvalue weighted by atomic mass is 35.5. The summed E-state index contributed by atoms with van der Waals surface area (Å²) in [7, 11) is 0. The number of halogens is 1. The topological polar surface area (TPSA) is 72.6 Å². The standard InChI is InChI=1S/C15H14ClNO3/c16-14-6-5-12(17)7-13(14)15(19)20-9-11-3-1-10(8-18)2-4-11/h1-7,18H,8-9,17H2. The van der Waals surface area contributed by atoms with Crippen molar-refractivity contribution in [2.45, 2.75) is 13.2 Å². The molecule has 0 saturated carbocycles. The summed E-state index contributed by atoms with van der Waals surface area (Å²) < 4.78 is 5.18. The minimum atomic E-state index is -0.520. The number of nitrogen functional groups attached to an aromatic ring is 1. The molecular formula is C15H14ClNO3. The third-order valence-corrected chi connectivity index (χ3v) is 3.12. The van der Waals surface area contributed by atoms with Crippen molar-refractivity contribution in [1.82, 2.24) is 0 Å². The van der Waals surface area contributed by atoms with Crippen molar-refractivity contribution in [2.24, 2.45) is 0 Å². The van der Waals surface area contributed by atoms with Gasteiger partial charge in [-0.3, -0.25) is 0 Å². The number of aliphatic hydroxyl groups excluding tert-OH is 1. The predicted molar refractivity (Wildman–Crippen MR) is 77.3 cm³/mol. The monoisotopic (exact) mass is 291 g/mol. The van der Waals surface area contributed by atoms with E-state index in [9.17, 15) is 4.79 Å². The number of nitrogens with two attached hydrogens (primary N) is 1. The summed E-state index contributed by atoms with van der Waals surface area (Å²) >= 11 is 5.93. The van der Waals surface area contributed by atoms with Gasteiger partial charge in [-0.15, -0.1) is 0 Å². The molecule has 2 rings (SSSR count). The van der Waals surface area contributed by atoms with Crippen molar-refractivity contribution in [3.05, 3.63) is 64.2 Å². The van der Waals surface area contributed by atoms with Crippen LogP contribution in [-0.4, -0.2) is 11.1 Å². The summed E-state index contributed by atoms with van der Waals surface area (Å²) in [6.45, 7) is 0.120. The van der Waals surface area contributed by atoms with Crippen LogP contribution in [0.15, 0.2) is 42.5 Å². The molecule has 5 heteroatoms. The van der Waals surface area contributed by atoms with Gasteiger partial charge in [0.25, 0.3) is 0 Å². The molecule has 2 aromatic rings. The molecular weight excluding hydrogens is 278 g/mol. The molecule has 3 N–H and O–H groups in total. The van der Waals surface area contributed by atoms with Gasteiger partial charge in [-0.25, -0.2) is 4.79 Å². The molecule has 0 saturated heterocycles. The van der Waals surface area contributed by atoms with E-state index in [4.69, 9.17) is 27.2 Å². The molecule has 104 valence electrons. The fourth-order valence-corrected chi connectivity index (χ4v) is 1.86. The highest BCUT2D eigenvalue weighted by molar-refractivity contribution is 6.33. The van der Waals surface area contributed by atoms with E-state index >= 15 is 0 Å². The normalized spacial score (nSPS) is 10.3. The van der Waals surface area contributed by atoms with Crippen LogP contribution in [0.5, 0.6) is 0 Å². The van der Waals surface area contributed by atoms with Crippen molar-refractivity contribution < 1.29 is 14.6 Å². The van der Waals surface area contributed by atoms with Gasteiger partial charge in [0.05, 0.1) is 17.2 Å². The van der Waals surface area contributed by atoms with E-state index < -0.39 is 5.97 Å². The smallest absolute Gasteiger partial charge is 0.340 e. The zero-order valence-electron chi connectivity index (χ0n) is 10.7. The molecule has 2 aromatic carbocycles. The van der Waals surface area contributed by atoms with Gasteiger partial charge in [0.2, 0.25) is 0 Å². The molecule has 0 aliphatic rings. The summed E-state index contributed by atoms with van der Waals surface area (Å²) in [4.78, 5) is 11.9. The van der Waals surface area contributed by atoms with E-state index in [2.05, 4.69) is 0 Å². The van der Waals surface area contributed by atoms with E-state index in [1.54, 1.807) is 36.4 Å². The Hall–Kier alpha value is -2.04. The average Bonchev–Trinajstić information content (AvgIpc) is 2.47. The molecule has 0 fully saturated rings. The van der Waals surface area contributed by atoms with Crippen molar-refractivity contribution in [2.75, 3.05) is 5.73 Å². The molecule has 0 radical (unpaired) electrons. The lowest BCUT2D eigenvalue weighted by molar-refractivity contribution is 0.0473. The Bertz CT molecular complexity index is 611. The minimum Gasteiger partial charge on any atom is -0.457 e. The fourth-order valence-electron chi connectivity index (χ4n) is 1.67. The van der Waals surface area contributed by atoms with Crippen LogP contribution in [0.25, 0.3) is 0 Å². The van der Waals surface area contributed by atoms with Crippen LogP contribution in [0.2, 0.25) is 5.02 Å². The molecule has 4 nitrogen and oxygen atoms in total. The number of esters is 1. The Labute approximate surface area is 121 Å². The second-order valence-electron chi connectivity index (χ2n) is 4.29. The molecule has 0 atom stereocenters. The van der Waals surface area contributed by atoms with Crippen molar-refractivity contribution in [1.29, 1.82) is 0 Å². The van der Waals surface area contributed by atoms with E-state index in [-0.39, 0.29) is 18.8 Å². The molecule has 20 heavy (non-hydrogen) atoms. The third kappa shape index (κ3) is 3.50. The minimum absolute atomic E-state index is 0.0149. The summed E-state index contributed by atoms with van der Waals surface area (Å²) in [6, 6.07) is 11.8. The summed E-state index contributed by atoms with van der Waals surface area (Å²) in [6.07, 6.45) is 0. The summed E-state index contributed by atoms with van der Waals surface area (Å²) in [5.41, 5.74) is 7.95. The molecule has 0 unspecified atom stereocenters. The Balaban J connectivity index is 2.02. The Morgan fingerprint density at radius 2 is 1.80 bits per heavy atom. The first-order chi connectivity index (χ1) is 9.60. The zero-order chi connectivity index (χ0) is 14.5. The van der Waals surface area contributed by atoms with Gasteiger partial charge in [0.15, 0.2) is 0 Å². The van der Waals surface area contributed by atoms with Crippen LogP contribution in [0.3, 0.4) is 0 Å². The van der Waals surface area contributed by atoms with Crippen LogP contribution in [0, 0.1) is 0 Å². The summed E-state index contributed by atoms with van der Waals surface area (Å²) in [5, 5.41) is 9.25. The molecule has 0 spiro atoms. The first kappa shape index (κ1) is 14.4. The van der Waals surface area contributed by atoms with Gasteiger partial charge < -0.3 is 15.6 Å². The lowest BCUT2D eigenvalue weighted by atomic mass is 10.1. The fraction of sp³-hybridized carbons (Fsp3) is 0.133. The zero-order valence-corrected chi connectivity index (χ0v) is 11.4. The predicted octanol–water partition coefficient (Wildman–Crippen LogP) is 2.77. The van der Waals surface area contributed by atoms with Crippen LogP contribution in [0.1, 0.15) is 21.5 Å². The lowest BCUT2D eigenvalue weighted by Gasteiger charge is -2.07. The number of hydrogen-bond acceptors (Lipinski definition) is 4. The number of aliphatic hydroxyl groups is 1. The number of hydrogen-bond donors (Lipinski definition) is 2. The second kappa shape index (κ2) is 6.41. The van der Waals surface area contributed by atoms with E-state index in [1.807, 2.05) is 0 Å². The van der Waals surface area contributed by atoms with Crippen LogP contribution >= 0.6 is 11.6 Å². The molecule has 0 aliphatic carbocycles. The van der Waals surface area contributed by atoms with Gasteiger partial charge >= 0.3 is 5.97 Å². The number of anilines is 1. The first-order valence-electron chi connectivity index (χ1n) is 6.01. The number of carbonyl (C=O) groups excluding carboxylic acids is 1. The molecule has 0 aromatic heterocycles. The van der Waals surface area contributed by atoms with Crippen LogP contribution in [-0.2, 0) is 18.0 Å². The summed E-state index contributed by atoms with van der Waals surface area (Å²) in [5.74, 6) is -0.520. The third-order valence-electron chi connectivity index (χ3n) is 2.79. The number of rotatable bonds is 4. The molecule has 0 heterocycles. The average molecular weight is 292 g/mol. The van der Waals surface area contributed by atoms with Crippen molar-refractivity contribution in [3.63, 3.8) is 0 Å². The number of carbonyl (C=O) groups is 1. The van der Waals surface area contributed by atoms with Gasteiger partial charge in [0.1, 0.15) is 6.61 Å². The van der Waals surface area contributed by atoms with Gasteiger partial charge in [0, 0.05) is 5.69 Å². The van der Waals surface area contributed by atoms with E-state index in [0.717, 1.165) is 11.1 Å². The van der Waals surface area contributed by atoms with Crippen LogP contribution < -0.4 is 5.73 Å². The van der Waals surface area contributed by atoms with Crippen LogP contribution in [0.4, 0.5) is 5.69 Å².